The lowest BCUT2D eigenvalue weighted by atomic mass is 9.77. The van der Waals surface area contributed by atoms with Crippen molar-refractivity contribution in [3.05, 3.63) is 29.3 Å². The third kappa shape index (κ3) is 2.80. The number of nitrogens with zero attached hydrogens (tertiary/aromatic N) is 1. The minimum Gasteiger partial charge on any atom is -0.481 e. The molecule has 1 aliphatic rings. The van der Waals surface area contributed by atoms with Gasteiger partial charge in [0.05, 0.1) is 10.3 Å². The van der Waals surface area contributed by atoms with Crippen LogP contribution in [-0.4, -0.2) is 36.9 Å². The highest BCUT2D eigenvalue weighted by Crippen LogP contribution is 2.40. The molecule has 0 saturated carbocycles. The Morgan fingerprint density at radius 1 is 1.33 bits per heavy atom. The second kappa shape index (κ2) is 5.59. The Hall–Kier alpha value is -1.11. The van der Waals surface area contributed by atoms with Gasteiger partial charge < -0.3 is 5.11 Å². The Balaban J connectivity index is 2.32. The first-order chi connectivity index (χ1) is 9.70. The molecular formula is C14H18ClNO4S. The average molecular weight is 332 g/mol. The third-order valence-electron chi connectivity index (χ3n) is 4.25. The minimum atomic E-state index is -3.68. The van der Waals surface area contributed by atoms with Gasteiger partial charge in [0.25, 0.3) is 0 Å². The summed E-state index contributed by atoms with van der Waals surface area (Å²) >= 11 is 5.76. The number of sulfonamides is 1. The van der Waals surface area contributed by atoms with Crippen LogP contribution in [0.3, 0.4) is 0 Å². The predicted octanol–water partition coefficient (Wildman–Crippen LogP) is 2.46. The number of benzene rings is 1. The van der Waals surface area contributed by atoms with Gasteiger partial charge in [-0.15, -0.1) is 0 Å². The summed E-state index contributed by atoms with van der Waals surface area (Å²) in [5, 5.41) is 9.94. The molecular weight excluding hydrogens is 314 g/mol. The summed E-state index contributed by atoms with van der Waals surface area (Å²) in [7, 11) is -3.68. The van der Waals surface area contributed by atoms with Crippen LogP contribution in [0, 0.1) is 11.3 Å². The molecule has 21 heavy (non-hydrogen) atoms. The van der Waals surface area contributed by atoms with E-state index >= 15 is 0 Å². The summed E-state index contributed by atoms with van der Waals surface area (Å²) in [4.78, 5) is 11.7. The van der Waals surface area contributed by atoms with Crippen LogP contribution < -0.4 is 0 Å². The smallest absolute Gasteiger partial charge is 0.311 e. The standard InChI is InChI=1S/C14H18ClNO4S/c1-10(2)14(13(17)18)7-8-16(9-14)21(19,20)12-5-3-11(15)4-6-12/h3-6,10H,7-9H2,1-2H3,(H,17,18). The Bertz CT molecular complexity index is 641. The Labute approximate surface area is 129 Å². The second-order valence-corrected chi connectivity index (χ2v) is 8.03. The van der Waals surface area contributed by atoms with Crippen molar-refractivity contribution in [3.63, 3.8) is 0 Å². The molecule has 1 atom stereocenters. The van der Waals surface area contributed by atoms with E-state index in [2.05, 4.69) is 0 Å². The van der Waals surface area contributed by atoms with Gasteiger partial charge in [0.15, 0.2) is 0 Å². The van der Waals surface area contributed by atoms with Gasteiger partial charge >= 0.3 is 5.97 Å². The maximum absolute atomic E-state index is 12.6. The van der Waals surface area contributed by atoms with E-state index in [1.165, 1.54) is 28.6 Å². The van der Waals surface area contributed by atoms with Gasteiger partial charge in [0, 0.05) is 18.1 Å². The van der Waals surface area contributed by atoms with Gasteiger partial charge in [0.2, 0.25) is 10.0 Å². The summed E-state index contributed by atoms with van der Waals surface area (Å²) in [5.74, 6) is -1.08. The van der Waals surface area contributed by atoms with Crippen LogP contribution in [0.2, 0.25) is 5.02 Å². The molecule has 1 aromatic carbocycles. The Morgan fingerprint density at radius 3 is 2.33 bits per heavy atom. The lowest BCUT2D eigenvalue weighted by molar-refractivity contribution is -0.150. The molecule has 0 amide bonds. The molecule has 0 spiro atoms. The zero-order valence-corrected chi connectivity index (χ0v) is 13.5. The van der Waals surface area contributed by atoms with E-state index in [0.717, 1.165) is 0 Å². The molecule has 1 N–H and O–H groups in total. The van der Waals surface area contributed by atoms with Crippen LogP contribution in [0.4, 0.5) is 0 Å². The minimum absolute atomic E-state index is 0.00492. The van der Waals surface area contributed by atoms with Crippen LogP contribution in [-0.2, 0) is 14.8 Å². The molecule has 7 heteroatoms. The number of hydrogen-bond acceptors (Lipinski definition) is 3. The first-order valence-electron chi connectivity index (χ1n) is 6.69. The van der Waals surface area contributed by atoms with Crippen molar-refractivity contribution >= 4 is 27.6 Å². The SMILES string of the molecule is CC(C)C1(C(=O)O)CCN(S(=O)(=O)c2ccc(Cl)cc2)C1. The van der Waals surface area contributed by atoms with Crippen LogP contribution in [0.5, 0.6) is 0 Å². The summed E-state index contributed by atoms with van der Waals surface area (Å²) in [5.41, 5.74) is -1.01. The van der Waals surface area contributed by atoms with Gasteiger partial charge in [-0.05, 0) is 36.6 Å². The normalized spacial score (nSPS) is 23.6. The largest absolute Gasteiger partial charge is 0.481 e. The molecule has 0 radical (unpaired) electrons. The molecule has 0 aliphatic carbocycles. The lowest BCUT2D eigenvalue weighted by Crippen LogP contribution is -2.40. The van der Waals surface area contributed by atoms with Gasteiger partial charge in [-0.1, -0.05) is 25.4 Å². The van der Waals surface area contributed by atoms with E-state index in [-0.39, 0.29) is 23.9 Å². The maximum atomic E-state index is 12.6. The van der Waals surface area contributed by atoms with E-state index in [1.807, 2.05) is 13.8 Å². The average Bonchev–Trinajstić information content (AvgIpc) is 2.86. The molecule has 0 bridgehead atoms. The first kappa shape index (κ1) is 16.3. The number of carbonyl (C=O) groups is 1. The molecule has 1 saturated heterocycles. The summed E-state index contributed by atoms with van der Waals surface area (Å²) in [6, 6.07) is 5.90. The fourth-order valence-corrected chi connectivity index (χ4v) is 4.29. The first-order valence-corrected chi connectivity index (χ1v) is 8.51. The van der Waals surface area contributed by atoms with Gasteiger partial charge in [-0.3, -0.25) is 4.79 Å². The highest BCUT2D eigenvalue weighted by molar-refractivity contribution is 7.89. The highest BCUT2D eigenvalue weighted by Gasteiger charge is 2.50. The molecule has 1 unspecified atom stereocenters. The Morgan fingerprint density at radius 2 is 1.90 bits per heavy atom. The summed E-state index contributed by atoms with van der Waals surface area (Å²) in [6.07, 6.45) is 0.326. The fourth-order valence-electron chi connectivity index (χ4n) is 2.65. The number of rotatable bonds is 4. The Kier molecular flexibility index (Phi) is 4.33. The van der Waals surface area contributed by atoms with Crippen LogP contribution in [0.25, 0.3) is 0 Å². The van der Waals surface area contributed by atoms with E-state index in [1.54, 1.807) is 0 Å². The van der Waals surface area contributed by atoms with Gasteiger partial charge in [-0.25, -0.2) is 8.42 Å². The maximum Gasteiger partial charge on any atom is 0.311 e. The molecule has 5 nitrogen and oxygen atoms in total. The number of aliphatic carboxylic acids is 1. The van der Waals surface area contributed by atoms with E-state index in [9.17, 15) is 18.3 Å². The molecule has 1 aliphatic heterocycles. The van der Waals surface area contributed by atoms with E-state index in [0.29, 0.717) is 11.4 Å². The van der Waals surface area contributed by atoms with Crippen molar-refractivity contribution in [2.45, 2.75) is 25.2 Å². The molecule has 1 heterocycles. The van der Waals surface area contributed by atoms with Crippen LogP contribution in [0.1, 0.15) is 20.3 Å². The zero-order chi connectivity index (χ0) is 15.8. The van der Waals surface area contributed by atoms with Crippen LogP contribution in [0.15, 0.2) is 29.2 Å². The molecule has 1 aromatic rings. The number of carboxylic acids is 1. The van der Waals surface area contributed by atoms with Crippen molar-refractivity contribution in [1.29, 1.82) is 0 Å². The zero-order valence-electron chi connectivity index (χ0n) is 11.9. The lowest BCUT2D eigenvalue weighted by Gasteiger charge is -2.28. The summed E-state index contributed by atoms with van der Waals surface area (Å²) in [6.45, 7) is 3.85. The van der Waals surface area contributed by atoms with Crippen molar-refractivity contribution in [2.75, 3.05) is 13.1 Å². The van der Waals surface area contributed by atoms with Crippen molar-refractivity contribution in [1.82, 2.24) is 4.31 Å². The van der Waals surface area contributed by atoms with Gasteiger partial charge in [0.1, 0.15) is 0 Å². The van der Waals surface area contributed by atoms with Gasteiger partial charge in [-0.2, -0.15) is 4.31 Å². The fraction of sp³-hybridized carbons (Fsp3) is 0.500. The van der Waals surface area contributed by atoms with Crippen molar-refractivity contribution in [2.24, 2.45) is 11.3 Å². The highest BCUT2D eigenvalue weighted by atomic mass is 35.5. The van der Waals surface area contributed by atoms with E-state index < -0.39 is 21.4 Å². The molecule has 1 fully saturated rings. The topological polar surface area (TPSA) is 74.7 Å². The monoisotopic (exact) mass is 331 g/mol. The molecule has 2 rings (SSSR count). The number of hydrogen-bond donors (Lipinski definition) is 1. The molecule has 0 aromatic heterocycles. The van der Waals surface area contributed by atoms with E-state index in [4.69, 9.17) is 11.6 Å². The number of halogens is 1. The number of carboxylic acid groups (broad SMARTS) is 1. The van der Waals surface area contributed by atoms with Crippen molar-refractivity contribution < 1.29 is 18.3 Å². The molecule has 116 valence electrons. The predicted molar refractivity (Wildman–Crippen MR) is 79.7 cm³/mol. The quantitative estimate of drug-likeness (QED) is 0.919. The van der Waals surface area contributed by atoms with Crippen molar-refractivity contribution in [3.8, 4) is 0 Å². The second-order valence-electron chi connectivity index (χ2n) is 5.66. The third-order valence-corrected chi connectivity index (χ3v) is 6.36. The van der Waals surface area contributed by atoms with Crippen LogP contribution >= 0.6 is 11.6 Å². The summed E-state index contributed by atoms with van der Waals surface area (Å²) < 4.78 is 26.4.